The summed E-state index contributed by atoms with van der Waals surface area (Å²) in [6.45, 7) is 8.41. The largest absolute Gasteiger partial charge is 0.478 e. The van der Waals surface area contributed by atoms with Crippen molar-refractivity contribution < 1.29 is 15.0 Å². The maximum atomic E-state index is 11.1. The maximum absolute atomic E-state index is 11.1. The quantitative estimate of drug-likeness (QED) is 0.703. The van der Waals surface area contributed by atoms with Crippen LogP contribution in [0, 0.1) is 17.3 Å². The highest BCUT2D eigenvalue weighted by atomic mass is 16.4. The summed E-state index contributed by atoms with van der Waals surface area (Å²) >= 11 is 0. The predicted molar refractivity (Wildman–Crippen MR) is 70.1 cm³/mol. The van der Waals surface area contributed by atoms with Crippen LogP contribution in [0.4, 0.5) is 0 Å². The second-order valence-corrected chi connectivity index (χ2v) is 6.33. The van der Waals surface area contributed by atoms with Crippen LogP contribution in [0.25, 0.3) is 0 Å². The van der Waals surface area contributed by atoms with Gasteiger partial charge in [-0.25, -0.2) is 4.79 Å². The third-order valence-corrected chi connectivity index (χ3v) is 4.58. The fourth-order valence-electron chi connectivity index (χ4n) is 3.63. The van der Waals surface area contributed by atoms with Gasteiger partial charge >= 0.3 is 5.97 Å². The van der Waals surface area contributed by atoms with Crippen LogP contribution < -0.4 is 0 Å². The van der Waals surface area contributed by atoms with Crippen molar-refractivity contribution in [3.8, 4) is 0 Å². The minimum Gasteiger partial charge on any atom is -0.478 e. The highest BCUT2D eigenvalue weighted by Crippen LogP contribution is 2.56. The van der Waals surface area contributed by atoms with Crippen LogP contribution >= 0.6 is 0 Å². The number of carbonyl (C=O) groups is 1. The van der Waals surface area contributed by atoms with E-state index in [9.17, 15) is 9.90 Å². The van der Waals surface area contributed by atoms with E-state index < -0.39 is 12.1 Å². The second-order valence-electron chi connectivity index (χ2n) is 6.33. The first-order valence-corrected chi connectivity index (χ1v) is 6.61. The summed E-state index contributed by atoms with van der Waals surface area (Å²) in [5.74, 6) is -0.405. The number of carboxylic acids is 1. The molecule has 0 aromatic heterocycles. The van der Waals surface area contributed by atoms with Gasteiger partial charge in [0.05, 0.1) is 6.10 Å². The molecule has 0 radical (unpaired) electrons. The highest BCUT2D eigenvalue weighted by molar-refractivity contribution is 5.86. The molecule has 2 aliphatic rings. The molecule has 1 saturated carbocycles. The number of allylic oxidation sites excluding steroid dienone is 2. The Kier molecular flexibility index (Phi) is 3.37. The van der Waals surface area contributed by atoms with Crippen LogP contribution in [0.3, 0.4) is 0 Å². The van der Waals surface area contributed by atoms with Gasteiger partial charge in [-0.1, -0.05) is 32.1 Å². The van der Waals surface area contributed by atoms with Gasteiger partial charge in [-0.15, -0.1) is 0 Å². The molecule has 2 aliphatic carbocycles. The lowest BCUT2D eigenvalue weighted by molar-refractivity contribution is -0.134. The Balaban J connectivity index is 2.25. The van der Waals surface area contributed by atoms with Crippen LogP contribution in [0.2, 0.25) is 0 Å². The molecule has 100 valence electrons. The molecule has 3 heteroatoms. The summed E-state index contributed by atoms with van der Waals surface area (Å²) in [5, 5.41) is 19.5. The highest BCUT2D eigenvalue weighted by Gasteiger charge is 2.51. The maximum Gasteiger partial charge on any atom is 0.331 e. The van der Waals surface area contributed by atoms with Crippen molar-refractivity contribution in [2.45, 2.75) is 45.6 Å². The van der Waals surface area contributed by atoms with E-state index in [2.05, 4.69) is 20.4 Å². The summed E-state index contributed by atoms with van der Waals surface area (Å²) in [6, 6.07) is 0. The van der Waals surface area contributed by atoms with Crippen LogP contribution in [-0.4, -0.2) is 22.3 Å². The molecule has 0 saturated heterocycles. The molecule has 3 nitrogen and oxygen atoms in total. The first-order chi connectivity index (χ1) is 8.33. The van der Waals surface area contributed by atoms with Crippen LogP contribution in [0.5, 0.6) is 0 Å². The molecule has 0 aliphatic heterocycles. The van der Waals surface area contributed by atoms with E-state index in [4.69, 9.17) is 5.11 Å². The van der Waals surface area contributed by atoms with Crippen molar-refractivity contribution in [3.05, 3.63) is 23.8 Å². The number of hydrogen-bond donors (Lipinski definition) is 2. The SMILES string of the molecule is C=C1CCC=C(C(=O)O)CC(O)C2C1CC2(C)C. The van der Waals surface area contributed by atoms with Crippen molar-refractivity contribution in [1.29, 1.82) is 0 Å². The van der Waals surface area contributed by atoms with Crippen LogP contribution in [0.1, 0.15) is 39.5 Å². The Bertz CT molecular complexity index is 406. The van der Waals surface area contributed by atoms with E-state index in [-0.39, 0.29) is 17.8 Å². The first-order valence-electron chi connectivity index (χ1n) is 6.61. The average molecular weight is 250 g/mol. The molecule has 1 fully saturated rings. The van der Waals surface area contributed by atoms with Gasteiger partial charge < -0.3 is 10.2 Å². The molecule has 0 aromatic rings. The molecule has 2 rings (SSSR count). The molecule has 0 amide bonds. The fraction of sp³-hybridized carbons (Fsp3) is 0.667. The number of hydrogen-bond acceptors (Lipinski definition) is 2. The second kappa shape index (κ2) is 4.54. The van der Waals surface area contributed by atoms with Crippen molar-refractivity contribution in [1.82, 2.24) is 0 Å². The van der Waals surface area contributed by atoms with Gasteiger partial charge in [0.1, 0.15) is 0 Å². The zero-order chi connectivity index (χ0) is 13.5. The number of carboxylic acid groups (broad SMARTS) is 1. The summed E-state index contributed by atoms with van der Waals surface area (Å²) in [7, 11) is 0. The molecule has 2 N–H and O–H groups in total. The minimum absolute atomic E-state index is 0.0843. The van der Waals surface area contributed by atoms with Crippen molar-refractivity contribution in [2.24, 2.45) is 17.3 Å². The van der Waals surface area contributed by atoms with E-state index >= 15 is 0 Å². The standard InChI is InChI=1S/C15H22O3/c1-9-5-4-6-10(14(17)18)7-12(16)13-11(9)8-15(13,2)3/h6,11-13,16H,1,4-5,7-8H2,2-3H3,(H,17,18). The molecule has 0 heterocycles. The molecule has 0 aromatic carbocycles. The Morgan fingerprint density at radius 3 is 2.72 bits per heavy atom. The Morgan fingerprint density at radius 1 is 1.50 bits per heavy atom. The van der Waals surface area contributed by atoms with E-state index in [0.29, 0.717) is 11.5 Å². The summed E-state index contributed by atoms with van der Waals surface area (Å²) in [4.78, 5) is 11.1. The fourth-order valence-corrected chi connectivity index (χ4v) is 3.63. The molecule has 0 bridgehead atoms. The zero-order valence-corrected chi connectivity index (χ0v) is 11.1. The smallest absolute Gasteiger partial charge is 0.331 e. The van der Waals surface area contributed by atoms with Gasteiger partial charge in [-0.3, -0.25) is 0 Å². The molecular formula is C15H22O3. The Morgan fingerprint density at radius 2 is 2.17 bits per heavy atom. The van der Waals surface area contributed by atoms with Crippen LogP contribution in [0.15, 0.2) is 23.8 Å². The van der Waals surface area contributed by atoms with Crippen molar-refractivity contribution >= 4 is 5.97 Å². The van der Waals surface area contributed by atoms with Gasteiger partial charge in [-0.2, -0.15) is 0 Å². The number of aliphatic carboxylic acids is 1. The lowest BCUT2D eigenvalue weighted by Crippen LogP contribution is -2.51. The third kappa shape index (κ3) is 2.24. The molecule has 3 unspecified atom stereocenters. The van der Waals surface area contributed by atoms with E-state index in [1.54, 1.807) is 6.08 Å². The van der Waals surface area contributed by atoms with Gasteiger partial charge in [0, 0.05) is 12.0 Å². The van der Waals surface area contributed by atoms with E-state index in [1.807, 2.05) is 0 Å². The molecule has 18 heavy (non-hydrogen) atoms. The number of rotatable bonds is 1. The van der Waals surface area contributed by atoms with Gasteiger partial charge in [-0.05, 0) is 36.5 Å². The monoisotopic (exact) mass is 250 g/mol. The normalized spacial score (nSPS) is 35.4. The average Bonchev–Trinajstić information content (AvgIpc) is 2.27. The van der Waals surface area contributed by atoms with Crippen molar-refractivity contribution in [2.75, 3.05) is 0 Å². The topological polar surface area (TPSA) is 57.5 Å². The minimum atomic E-state index is -0.907. The lowest BCUT2D eigenvalue weighted by atomic mass is 9.51. The molecule has 3 atom stereocenters. The number of aliphatic hydroxyl groups is 1. The third-order valence-electron chi connectivity index (χ3n) is 4.58. The van der Waals surface area contributed by atoms with E-state index in [1.165, 1.54) is 5.57 Å². The summed E-state index contributed by atoms with van der Waals surface area (Å²) < 4.78 is 0. The first kappa shape index (κ1) is 13.3. The van der Waals surface area contributed by atoms with Crippen molar-refractivity contribution in [3.63, 3.8) is 0 Å². The number of fused-ring (bicyclic) bond motifs is 1. The van der Waals surface area contributed by atoms with Crippen LogP contribution in [-0.2, 0) is 4.79 Å². The number of aliphatic hydroxyl groups excluding tert-OH is 1. The summed E-state index contributed by atoms with van der Waals surface area (Å²) in [6.07, 6.45) is 4.03. The molecular weight excluding hydrogens is 228 g/mol. The Labute approximate surface area is 108 Å². The Hall–Kier alpha value is -1.09. The van der Waals surface area contributed by atoms with Gasteiger partial charge in [0.2, 0.25) is 0 Å². The lowest BCUT2D eigenvalue weighted by Gasteiger charge is -2.54. The van der Waals surface area contributed by atoms with E-state index in [0.717, 1.165) is 19.3 Å². The zero-order valence-electron chi connectivity index (χ0n) is 11.1. The van der Waals surface area contributed by atoms with Gasteiger partial charge in [0.15, 0.2) is 0 Å². The predicted octanol–water partition coefficient (Wildman–Crippen LogP) is 2.76. The van der Waals surface area contributed by atoms with Gasteiger partial charge in [0.25, 0.3) is 0 Å². The molecule has 0 spiro atoms. The summed E-state index contributed by atoms with van der Waals surface area (Å²) in [5.41, 5.74) is 1.60.